The van der Waals surface area contributed by atoms with Crippen molar-refractivity contribution in [2.24, 2.45) is 5.73 Å². The Kier molecular flexibility index (Phi) is 5.97. The number of allylic oxidation sites excluding steroid dienone is 1. The molecule has 0 amide bonds. The van der Waals surface area contributed by atoms with Gasteiger partial charge >= 0.3 is 5.97 Å². The zero-order valence-electron chi connectivity index (χ0n) is 6.49. The second kappa shape index (κ2) is 6.24. The second-order valence-electron chi connectivity index (χ2n) is 2.06. The van der Waals surface area contributed by atoms with E-state index in [1.165, 1.54) is 11.8 Å². The van der Waals surface area contributed by atoms with Crippen LogP contribution in [0.2, 0.25) is 0 Å². The number of carboxylic acids is 1. The van der Waals surface area contributed by atoms with Crippen LogP contribution in [0.4, 0.5) is 0 Å². The summed E-state index contributed by atoms with van der Waals surface area (Å²) in [7, 11) is 0. The molecule has 0 bridgehead atoms. The van der Waals surface area contributed by atoms with Gasteiger partial charge in [0.25, 0.3) is 0 Å². The minimum atomic E-state index is -0.942. The van der Waals surface area contributed by atoms with Crippen LogP contribution in [-0.4, -0.2) is 22.9 Å². The molecule has 0 unspecified atom stereocenters. The van der Waals surface area contributed by atoms with Crippen LogP contribution in [0, 0.1) is 0 Å². The third kappa shape index (κ3) is 5.94. The quantitative estimate of drug-likeness (QED) is 0.655. The van der Waals surface area contributed by atoms with E-state index in [1.54, 1.807) is 0 Å². The molecule has 11 heavy (non-hydrogen) atoms. The normalized spacial score (nSPS) is 13.6. The Bertz CT molecular complexity index is 147. The Morgan fingerprint density at radius 1 is 1.82 bits per heavy atom. The summed E-state index contributed by atoms with van der Waals surface area (Å²) in [5.74, 6) is -0.506. The van der Waals surface area contributed by atoms with E-state index in [4.69, 9.17) is 10.8 Å². The van der Waals surface area contributed by atoms with Gasteiger partial charge in [0.2, 0.25) is 0 Å². The second-order valence-corrected chi connectivity index (χ2v) is 3.00. The first kappa shape index (κ1) is 10.5. The van der Waals surface area contributed by atoms with E-state index in [0.717, 1.165) is 6.42 Å². The fourth-order valence-corrected chi connectivity index (χ4v) is 1.18. The Hall–Kier alpha value is -0.480. The minimum absolute atomic E-state index is 0.436. The van der Waals surface area contributed by atoms with Crippen LogP contribution >= 0.6 is 11.8 Å². The van der Waals surface area contributed by atoms with Gasteiger partial charge < -0.3 is 10.8 Å². The van der Waals surface area contributed by atoms with Crippen molar-refractivity contribution in [3.05, 3.63) is 11.5 Å². The smallest absolute Gasteiger partial charge is 0.321 e. The van der Waals surface area contributed by atoms with Crippen LogP contribution < -0.4 is 5.73 Å². The van der Waals surface area contributed by atoms with Gasteiger partial charge in [0.15, 0.2) is 0 Å². The van der Waals surface area contributed by atoms with Crippen LogP contribution in [0.1, 0.15) is 13.3 Å². The number of hydrogen-bond acceptors (Lipinski definition) is 3. The molecule has 0 aliphatic carbocycles. The van der Waals surface area contributed by atoms with Crippen LogP contribution in [0.25, 0.3) is 0 Å². The average Bonchev–Trinajstić information content (AvgIpc) is 1.97. The molecule has 3 N–H and O–H groups in total. The lowest BCUT2D eigenvalue weighted by atomic mass is 10.4. The van der Waals surface area contributed by atoms with Crippen molar-refractivity contribution in [3.63, 3.8) is 0 Å². The molecule has 0 aromatic rings. The number of carbonyl (C=O) groups is 1. The summed E-state index contributed by atoms with van der Waals surface area (Å²) in [6, 6.07) is -0.749. The van der Waals surface area contributed by atoms with Crippen molar-refractivity contribution in [1.29, 1.82) is 0 Å². The van der Waals surface area contributed by atoms with E-state index in [1.807, 2.05) is 18.4 Å². The van der Waals surface area contributed by atoms with Crippen molar-refractivity contribution >= 4 is 17.7 Å². The van der Waals surface area contributed by atoms with Crippen molar-refractivity contribution in [2.45, 2.75) is 19.4 Å². The van der Waals surface area contributed by atoms with Gasteiger partial charge in [0.05, 0.1) is 0 Å². The fourth-order valence-electron chi connectivity index (χ4n) is 0.395. The molecular formula is C7H13NO2S. The predicted molar refractivity (Wildman–Crippen MR) is 47.5 cm³/mol. The van der Waals surface area contributed by atoms with Gasteiger partial charge in [-0.05, 0) is 11.8 Å². The molecule has 0 aromatic heterocycles. The van der Waals surface area contributed by atoms with Gasteiger partial charge in [-0.3, -0.25) is 4.79 Å². The first-order valence-electron chi connectivity index (χ1n) is 3.43. The first-order valence-corrected chi connectivity index (χ1v) is 4.48. The molecule has 0 aliphatic rings. The topological polar surface area (TPSA) is 63.3 Å². The summed E-state index contributed by atoms with van der Waals surface area (Å²) in [4.78, 5) is 10.2. The number of rotatable bonds is 5. The summed E-state index contributed by atoms with van der Waals surface area (Å²) >= 11 is 1.43. The first-order chi connectivity index (χ1) is 5.18. The molecule has 1 atom stereocenters. The highest BCUT2D eigenvalue weighted by Gasteiger charge is 2.09. The van der Waals surface area contributed by atoms with E-state index in [9.17, 15) is 4.79 Å². The lowest BCUT2D eigenvalue weighted by Crippen LogP contribution is -2.32. The van der Waals surface area contributed by atoms with Gasteiger partial charge in [-0.15, -0.1) is 11.8 Å². The molecular weight excluding hydrogens is 162 g/mol. The highest BCUT2D eigenvalue weighted by atomic mass is 32.2. The molecule has 0 aromatic carbocycles. The van der Waals surface area contributed by atoms with E-state index in [-0.39, 0.29) is 0 Å². The highest BCUT2D eigenvalue weighted by Crippen LogP contribution is 2.03. The third-order valence-electron chi connectivity index (χ3n) is 1.02. The van der Waals surface area contributed by atoms with Gasteiger partial charge in [0, 0.05) is 5.75 Å². The Morgan fingerprint density at radius 2 is 2.45 bits per heavy atom. The maximum atomic E-state index is 10.2. The molecule has 0 heterocycles. The zero-order chi connectivity index (χ0) is 8.69. The van der Waals surface area contributed by atoms with E-state index in [2.05, 4.69) is 0 Å². The number of aliphatic carboxylic acids is 1. The van der Waals surface area contributed by atoms with Crippen LogP contribution in [0.5, 0.6) is 0 Å². The summed E-state index contributed by atoms with van der Waals surface area (Å²) in [5.41, 5.74) is 5.24. The van der Waals surface area contributed by atoms with Gasteiger partial charge in [0.1, 0.15) is 6.04 Å². The third-order valence-corrected chi connectivity index (χ3v) is 1.96. The Balaban J connectivity index is 3.38. The van der Waals surface area contributed by atoms with Crippen molar-refractivity contribution in [3.8, 4) is 0 Å². The minimum Gasteiger partial charge on any atom is -0.480 e. The summed E-state index contributed by atoms with van der Waals surface area (Å²) in [6.07, 6.45) is 2.94. The molecule has 0 aliphatic heterocycles. The molecule has 3 nitrogen and oxygen atoms in total. The maximum absolute atomic E-state index is 10.2. The largest absolute Gasteiger partial charge is 0.480 e. The van der Waals surface area contributed by atoms with Crippen LogP contribution in [0.3, 0.4) is 0 Å². The lowest BCUT2D eigenvalue weighted by Gasteiger charge is -2.01. The molecule has 0 saturated heterocycles. The predicted octanol–water partition coefficient (Wildman–Crippen LogP) is 1.06. The number of thioether (sulfide) groups is 1. The fraction of sp³-hybridized carbons (Fsp3) is 0.571. The van der Waals surface area contributed by atoms with Crippen molar-refractivity contribution < 1.29 is 9.90 Å². The van der Waals surface area contributed by atoms with E-state index in [0.29, 0.717) is 5.75 Å². The molecule has 0 rings (SSSR count). The lowest BCUT2D eigenvalue weighted by molar-refractivity contribution is -0.137. The number of nitrogens with two attached hydrogens (primary N) is 1. The molecule has 0 saturated carbocycles. The number of carboxylic acid groups (broad SMARTS) is 1. The van der Waals surface area contributed by atoms with Crippen LogP contribution in [0.15, 0.2) is 11.5 Å². The van der Waals surface area contributed by atoms with Gasteiger partial charge in [-0.25, -0.2) is 0 Å². The molecule has 64 valence electrons. The van der Waals surface area contributed by atoms with Gasteiger partial charge in [-0.1, -0.05) is 13.0 Å². The Labute approximate surface area is 70.7 Å². The summed E-state index contributed by atoms with van der Waals surface area (Å²) in [6.45, 7) is 2.02. The van der Waals surface area contributed by atoms with Crippen LogP contribution in [-0.2, 0) is 4.79 Å². The molecule has 0 spiro atoms. The van der Waals surface area contributed by atoms with Gasteiger partial charge in [-0.2, -0.15) is 0 Å². The molecule has 0 radical (unpaired) electrons. The molecule has 0 fully saturated rings. The standard InChI is InChI=1S/C7H13NO2S/c1-2-3-4-11-5-6(8)7(9)10/h3-4,6H,2,5,8H2,1H3,(H,9,10)/t6-/m0/s1. The van der Waals surface area contributed by atoms with E-state index >= 15 is 0 Å². The SMILES string of the molecule is CCC=CSC[C@H](N)C(=O)O. The maximum Gasteiger partial charge on any atom is 0.321 e. The summed E-state index contributed by atoms with van der Waals surface area (Å²) in [5, 5.41) is 10.3. The zero-order valence-corrected chi connectivity index (χ0v) is 7.30. The van der Waals surface area contributed by atoms with Crippen molar-refractivity contribution in [2.75, 3.05) is 5.75 Å². The number of hydrogen-bond donors (Lipinski definition) is 2. The van der Waals surface area contributed by atoms with E-state index < -0.39 is 12.0 Å². The monoisotopic (exact) mass is 175 g/mol. The Morgan fingerprint density at radius 3 is 2.91 bits per heavy atom. The summed E-state index contributed by atoms with van der Waals surface area (Å²) < 4.78 is 0. The highest BCUT2D eigenvalue weighted by molar-refractivity contribution is 8.02. The average molecular weight is 175 g/mol. The van der Waals surface area contributed by atoms with Crippen molar-refractivity contribution in [1.82, 2.24) is 0 Å². The molecule has 4 heteroatoms.